The Labute approximate surface area is 153 Å². The monoisotopic (exact) mass is 366 g/mol. The highest BCUT2D eigenvalue weighted by molar-refractivity contribution is 6.30. The van der Waals surface area contributed by atoms with E-state index in [0.717, 1.165) is 16.6 Å². The van der Waals surface area contributed by atoms with Gasteiger partial charge in [-0.25, -0.2) is 4.52 Å². The molecule has 4 rings (SSSR count). The summed E-state index contributed by atoms with van der Waals surface area (Å²) in [6.45, 7) is 1.90. The maximum Gasteiger partial charge on any atom is 0.273 e. The van der Waals surface area contributed by atoms with E-state index in [9.17, 15) is 9.59 Å². The summed E-state index contributed by atoms with van der Waals surface area (Å²) in [4.78, 5) is 28.5. The number of aryl methyl sites for hydroxylation is 1. The van der Waals surface area contributed by atoms with Gasteiger partial charge in [0.25, 0.3) is 5.56 Å². The van der Waals surface area contributed by atoms with Crippen LogP contribution in [0.5, 0.6) is 0 Å². The summed E-state index contributed by atoms with van der Waals surface area (Å²) in [5, 5.41) is 4.29. The second-order valence-electron chi connectivity index (χ2n) is 6.00. The first-order valence-electron chi connectivity index (χ1n) is 8.06. The third kappa shape index (κ3) is 2.84. The molecule has 0 atom stereocenters. The Morgan fingerprint density at radius 1 is 1.15 bits per heavy atom. The first kappa shape index (κ1) is 16.4. The molecule has 2 aromatic carbocycles. The molecule has 26 heavy (non-hydrogen) atoms. The Hall–Kier alpha value is -3.12. The van der Waals surface area contributed by atoms with Crippen LogP contribution in [0.4, 0.5) is 5.69 Å². The fourth-order valence-corrected chi connectivity index (χ4v) is 3.22. The summed E-state index contributed by atoms with van der Waals surface area (Å²) in [5.74, 6) is -0.187. The SMILES string of the molecule is Cc1cc(=O)nc2c3ccccc3n(CC(=O)Nc3ccc(Cl)cc3)n12. The number of para-hydroxylation sites is 1. The van der Waals surface area contributed by atoms with Gasteiger partial charge in [-0.05, 0) is 43.3 Å². The lowest BCUT2D eigenvalue weighted by atomic mass is 10.2. The van der Waals surface area contributed by atoms with Crippen LogP contribution in [0.15, 0.2) is 59.4 Å². The van der Waals surface area contributed by atoms with Crippen LogP contribution >= 0.6 is 11.6 Å². The zero-order valence-corrected chi connectivity index (χ0v) is 14.7. The average Bonchev–Trinajstić information content (AvgIpc) is 2.91. The number of anilines is 1. The van der Waals surface area contributed by atoms with Gasteiger partial charge in [0.2, 0.25) is 5.91 Å². The molecule has 6 nitrogen and oxygen atoms in total. The predicted octanol–water partition coefficient (Wildman–Crippen LogP) is 3.25. The van der Waals surface area contributed by atoms with Gasteiger partial charge in [-0.15, -0.1) is 0 Å². The Balaban J connectivity index is 1.78. The molecule has 2 heterocycles. The Morgan fingerprint density at radius 3 is 2.65 bits per heavy atom. The fourth-order valence-electron chi connectivity index (χ4n) is 3.09. The molecule has 0 spiro atoms. The number of aromatic nitrogens is 3. The lowest BCUT2D eigenvalue weighted by molar-refractivity contribution is -0.116. The second-order valence-corrected chi connectivity index (χ2v) is 6.44. The Bertz CT molecular complexity index is 1190. The first-order chi connectivity index (χ1) is 12.5. The van der Waals surface area contributed by atoms with Crippen molar-refractivity contribution in [3.8, 4) is 0 Å². The molecule has 0 saturated heterocycles. The summed E-state index contributed by atoms with van der Waals surface area (Å²) in [5.41, 5.74) is 2.47. The summed E-state index contributed by atoms with van der Waals surface area (Å²) in [6.07, 6.45) is 0. The van der Waals surface area contributed by atoms with Crippen LogP contribution < -0.4 is 10.9 Å². The normalized spacial score (nSPS) is 11.2. The molecule has 0 aliphatic heterocycles. The van der Waals surface area contributed by atoms with E-state index in [1.165, 1.54) is 6.07 Å². The van der Waals surface area contributed by atoms with Crippen molar-refractivity contribution in [3.05, 3.63) is 75.7 Å². The van der Waals surface area contributed by atoms with E-state index in [0.29, 0.717) is 16.4 Å². The number of nitrogens with zero attached hydrogens (tertiary/aromatic N) is 3. The Kier molecular flexibility index (Phi) is 3.97. The highest BCUT2D eigenvalue weighted by Gasteiger charge is 2.15. The molecule has 0 radical (unpaired) electrons. The molecule has 2 aromatic heterocycles. The zero-order valence-electron chi connectivity index (χ0n) is 13.9. The summed E-state index contributed by atoms with van der Waals surface area (Å²) < 4.78 is 3.62. The van der Waals surface area contributed by atoms with Gasteiger partial charge in [0, 0.05) is 27.9 Å². The minimum Gasteiger partial charge on any atom is -0.324 e. The third-order valence-electron chi connectivity index (χ3n) is 4.17. The lowest BCUT2D eigenvalue weighted by Gasteiger charge is -2.11. The van der Waals surface area contributed by atoms with Crippen LogP contribution in [-0.4, -0.2) is 20.1 Å². The highest BCUT2D eigenvalue weighted by Crippen LogP contribution is 2.21. The smallest absolute Gasteiger partial charge is 0.273 e. The van der Waals surface area contributed by atoms with Gasteiger partial charge >= 0.3 is 0 Å². The van der Waals surface area contributed by atoms with E-state index >= 15 is 0 Å². The number of carbonyl (C=O) groups excluding carboxylic acids is 1. The summed E-state index contributed by atoms with van der Waals surface area (Å²) >= 11 is 5.87. The van der Waals surface area contributed by atoms with Gasteiger partial charge in [0.15, 0.2) is 5.65 Å². The van der Waals surface area contributed by atoms with E-state index in [-0.39, 0.29) is 18.0 Å². The van der Waals surface area contributed by atoms with Crippen LogP contribution in [0.25, 0.3) is 16.6 Å². The molecule has 1 amide bonds. The number of hydrogen-bond acceptors (Lipinski definition) is 3. The number of benzene rings is 2. The Morgan fingerprint density at radius 2 is 1.88 bits per heavy atom. The molecule has 0 aliphatic carbocycles. The van der Waals surface area contributed by atoms with Crippen LogP contribution in [0.3, 0.4) is 0 Å². The quantitative estimate of drug-likeness (QED) is 0.605. The van der Waals surface area contributed by atoms with E-state index in [4.69, 9.17) is 11.6 Å². The maximum absolute atomic E-state index is 12.6. The number of nitrogens with one attached hydrogen (secondary N) is 1. The van der Waals surface area contributed by atoms with Crippen molar-refractivity contribution in [2.24, 2.45) is 0 Å². The number of hydrogen-bond donors (Lipinski definition) is 1. The lowest BCUT2D eigenvalue weighted by Crippen LogP contribution is -2.23. The predicted molar refractivity (Wildman–Crippen MR) is 102 cm³/mol. The highest BCUT2D eigenvalue weighted by atomic mass is 35.5. The van der Waals surface area contributed by atoms with Gasteiger partial charge in [-0.1, -0.05) is 23.7 Å². The molecule has 7 heteroatoms. The summed E-state index contributed by atoms with van der Waals surface area (Å²) in [7, 11) is 0. The van der Waals surface area contributed by atoms with Crippen molar-refractivity contribution in [2.45, 2.75) is 13.5 Å². The molecule has 0 fully saturated rings. The topological polar surface area (TPSA) is 68.4 Å². The summed E-state index contributed by atoms with van der Waals surface area (Å²) in [6, 6.07) is 16.0. The van der Waals surface area contributed by atoms with E-state index in [1.54, 1.807) is 28.8 Å². The van der Waals surface area contributed by atoms with Crippen molar-refractivity contribution in [2.75, 3.05) is 5.32 Å². The molecule has 4 aromatic rings. The van der Waals surface area contributed by atoms with Crippen LogP contribution in [0, 0.1) is 6.92 Å². The van der Waals surface area contributed by atoms with Crippen LogP contribution in [-0.2, 0) is 11.3 Å². The number of rotatable bonds is 3. The minimum atomic E-state index is -0.295. The van der Waals surface area contributed by atoms with Gasteiger partial charge in [0.1, 0.15) is 6.54 Å². The molecule has 1 N–H and O–H groups in total. The molecule has 130 valence electrons. The maximum atomic E-state index is 12.6. The van der Waals surface area contributed by atoms with E-state index in [2.05, 4.69) is 10.3 Å². The molecule has 0 unspecified atom stereocenters. The van der Waals surface area contributed by atoms with Crippen molar-refractivity contribution >= 4 is 39.7 Å². The number of carbonyl (C=O) groups is 1. The second kappa shape index (κ2) is 6.31. The van der Waals surface area contributed by atoms with Gasteiger partial charge in [-0.2, -0.15) is 4.98 Å². The minimum absolute atomic E-state index is 0.0814. The van der Waals surface area contributed by atoms with Gasteiger partial charge in [0.05, 0.1) is 5.52 Å². The standard InChI is InChI=1S/C19H15ClN4O2/c1-12-10-17(25)22-19-15-4-2-3-5-16(15)23(24(12)19)11-18(26)21-14-8-6-13(20)7-9-14/h2-10H,11H2,1H3,(H,21,26). The van der Waals surface area contributed by atoms with Crippen molar-refractivity contribution in [1.29, 1.82) is 0 Å². The number of halogens is 1. The van der Waals surface area contributed by atoms with Crippen molar-refractivity contribution in [3.63, 3.8) is 0 Å². The number of amides is 1. The molecular formula is C19H15ClN4O2. The zero-order chi connectivity index (χ0) is 18.3. The van der Waals surface area contributed by atoms with E-state index < -0.39 is 0 Å². The molecule has 0 saturated carbocycles. The molecule has 0 aliphatic rings. The first-order valence-corrected chi connectivity index (χ1v) is 8.44. The van der Waals surface area contributed by atoms with Crippen LogP contribution in [0.1, 0.15) is 5.69 Å². The fraction of sp³-hybridized carbons (Fsp3) is 0.105. The molecular weight excluding hydrogens is 352 g/mol. The van der Waals surface area contributed by atoms with Gasteiger partial charge < -0.3 is 5.32 Å². The average molecular weight is 367 g/mol. The van der Waals surface area contributed by atoms with Crippen molar-refractivity contribution < 1.29 is 4.79 Å². The number of fused-ring (bicyclic) bond motifs is 3. The van der Waals surface area contributed by atoms with E-state index in [1.807, 2.05) is 35.9 Å². The van der Waals surface area contributed by atoms with Gasteiger partial charge in [-0.3, -0.25) is 14.3 Å². The molecule has 0 bridgehead atoms. The van der Waals surface area contributed by atoms with Crippen molar-refractivity contribution in [1.82, 2.24) is 14.2 Å². The van der Waals surface area contributed by atoms with Crippen LogP contribution in [0.2, 0.25) is 5.02 Å². The largest absolute Gasteiger partial charge is 0.324 e. The third-order valence-corrected chi connectivity index (χ3v) is 4.42.